The molecule has 10 heteroatoms. The molecule has 2 atom stereocenters. The van der Waals surface area contributed by atoms with Crippen LogP contribution in [0.1, 0.15) is 80.3 Å². The van der Waals surface area contributed by atoms with Crippen molar-refractivity contribution < 1.29 is 26.4 Å². The van der Waals surface area contributed by atoms with Crippen molar-refractivity contribution >= 4 is 21.6 Å². The minimum absolute atomic E-state index is 0.00542. The summed E-state index contributed by atoms with van der Waals surface area (Å²) in [6.45, 7) is 7.10. The summed E-state index contributed by atoms with van der Waals surface area (Å²) in [7, 11) is -4.41. The zero-order valence-corrected chi connectivity index (χ0v) is 25.5. The van der Waals surface area contributed by atoms with Crippen LogP contribution in [0.2, 0.25) is 0 Å². The molecule has 0 bridgehead atoms. The predicted octanol–water partition coefficient (Wildman–Crippen LogP) is 6.69. The molecule has 0 spiro atoms. The van der Waals surface area contributed by atoms with E-state index in [1.54, 1.807) is 18.2 Å². The SMILES string of the molecule is CC(C)(C)NCc1ccc2c(c1)CCC[C@H]2NC(=O)C[C@H]1CCc2ccccc2N1S(=O)(=O)c1cccc(C(F)(F)F)c1. The maximum atomic E-state index is 13.9. The summed E-state index contributed by atoms with van der Waals surface area (Å²) < 4.78 is 69.4. The molecule has 0 radical (unpaired) electrons. The van der Waals surface area contributed by atoms with Gasteiger partial charge in [0.25, 0.3) is 10.0 Å². The van der Waals surface area contributed by atoms with E-state index in [0.29, 0.717) is 24.6 Å². The number of benzene rings is 3. The Labute approximate surface area is 251 Å². The van der Waals surface area contributed by atoms with Gasteiger partial charge in [0.05, 0.1) is 28.2 Å². The highest BCUT2D eigenvalue weighted by atomic mass is 32.2. The summed E-state index contributed by atoms with van der Waals surface area (Å²) in [5.41, 5.74) is 3.57. The van der Waals surface area contributed by atoms with E-state index in [1.165, 1.54) is 17.2 Å². The fourth-order valence-corrected chi connectivity index (χ4v) is 7.76. The van der Waals surface area contributed by atoms with Crippen molar-refractivity contribution in [1.82, 2.24) is 10.6 Å². The number of hydrogen-bond acceptors (Lipinski definition) is 4. The molecule has 1 amide bonds. The Bertz CT molecular complexity index is 1600. The third-order valence-corrected chi connectivity index (χ3v) is 9.99. The van der Waals surface area contributed by atoms with Gasteiger partial charge in [-0.2, -0.15) is 13.2 Å². The second-order valence-electron chi connectivity index (χ2n) is 12.5. The Kier molecular flexibility index (Phi) is 8.64. The van der Waals surface area contributed by atoms with Crippen LogP contribution in [0.4, 0.5) is 18.9 Å². The number of anilines is 1. The zero-order valence-electron chi connectivity index (χ0n) is 24.7. The summed E-state index contributed by atoms with van der Waals surface area (Å²) in [6, 6.07) is 16.1. The van der Waals surface area contributed by atoms with Crippen LogP contribution in [-0.4, -0.2) is 25.9 Å². The fourth-order valence-electron chi connectivity index (χ4n) is 5.99. The molecule has 5 rings (SSSR count). The highest BCUT2D eigenvalue weighted by Crippen LogP contribution is 2.38. The Morgan fingerprint density at radius 1 is 0.930 bits per heavy atom. The van der Waals surface area contributed by atoms with E-state index in [-0.39, 0.29) is 23.9 Å². The van der Waals surface area contributed by atoms with Crippen molar-refractivity contribution in [3.63, 3.8) is 0 Å². The van der Waals surface area contributed by atoms with E-state index < -0.39 is 32.7 Å². The Morgan fingerprint density at radius 3 is 2.44 bits per heavy atom. The van der Waals surface area contributed by atoms with Gasteiger partial charge in [0.15, 0.2) is 0 Å². The van der Waals surface area contributed by atoms with Crippen molar-refractivity contribution in [2.75, 3.05) is 4.31 Å². The molecule has 2 aliphatic rings. The third kappa shape index (κ3) is 7.07. The first kappa shape index (κ1) is 31.1. The number of carbonyl (C=O) groups excluding carboxylic acids is 1. The first-order valence-corrected chi connectivity index (χ1v) is 16.1. The number of para-hydroxylation sites is 1. The highest BCUT2D eigenvalue weighted by molar-refractivity contribution is 7.92. The van der Waals surface area contributed by atoms with Crippen LogP contribution < -0.4 is 14.9 Å². The van der Waals surface area contributed by atoms with E-state index in [0.717, 1.165) is 53.4 Å². The van der Waals surface area contributed by atoms with Crippen LogP contribution >= 0.6 is 0 Å². The van der Waals surface area contributed by atoms with Crippen molar-refractivity contribution in [3.05, 3.63) is 94.5 Å². The Hall–Kier alpha value is -3.37. The Balaban J connectivity index is 1.38. The molecule has 0 fully saturated rings. The average molecular weight is 614 g/mol. The van der Waals surface area contributed by atoms with Crippen molar-refractivity contribution in [2.45, 2.75) is 94.5 Å². The van der Waals surface area contributed by atoms with Crippen molar-refractivity contribution in [2.24, 2.45) is 0 Å². The van der Waals surface area contributed by atoms with Gasteiger partial charge in [-0.05, 0) is 99.4 Å². The average Bonchev–Trinajstić information content (AvgIpc) is 2.95. The smallest absolute Gasteiger partial charge is 0.349 e. The summed E-state index contributed by atoms with van der Waals surface area (Å²) in [6.07, 6.45) is -1.25. The van der Waals surface area contributed by atoms with Crippen LogP contribution in [0.15, 0.2) is 71.6 Å². The van der Waals surface area contributed by atoms with Gasteiger partial charge in [-0.3, -0.25) is 9.10 Å². The van der Waals surface area contributed by atoms with E-state index in [9.17, 15) is 26.4 Å². The number of rotatable bonds is 7. The van der Waals surface area contributed by atoms with E-state index in [1.807, 2.05) is 6.07 Å². The first-order chi connectivity index (χ1) is 20.2. The number of aryl methyl sites for hydroxylation is 2. The lowest BCUT2D eigenvalue weighted by Crippen LogP contribution is -2.46. The van der Waals surface area contributed by atoms with Gasteiger partial charge >= 0.3 is 6.18 Å². The first-order valence-electron chi connectivity index (χ1n) is 14.7. The minimum atomic E-state index is -4.69. The third-order valence-electron chi connectivity index (χ3n) is 8.13. The van der Waals surface area contributed by atoms with Gasteiger partial charge in [-0.25, -0.2) is 8.42 Å². The van der Waals surface area contributed by atoms with E-state index >= 15 is 0 Å². The van der Waals surface area contributed by atoms with E-state index in [2.05, 4.69) is 49.6 Å². The van der Waals surface area contributed by atoms with E-state index in [4.69, 9.17) is 0 Å². The van der Waals surface area contributed by atoms with Gasteiger partial charge in [0.1, 0.15) is 0 Å². The molecule has 2 N–H and O–H groups in total. The molecule has 3 aromatic carbocycles. The standard InChI is InChI=1S/C33H38F3N3O3S/c1-32(2,3)37-21-22-14-17-28-24(18-22)9-6-12-29(28)38-31(40)20-26-16-15-23-8-4-5-13-30(23)39(26)43(41,42)27-11-7-10-25(19-27)33(34,35)36/h4-5,7-8,10-11,13-14,17-19,26,29,37H,6,9,12,15-16,20-21H2,1-3H3,(H,38,40)/t26-,29-/m1/s1. The molecular formula is C33H38F3N3O3S. The highest BCUT2D eigenvalue weighted by Gasteiger charge is 2.39. The predicted molar refractivity (Wildman–Crippen MR) is 161 cm³/mol. The topological polar surface area (TPSA) is 78.5 Å². The lowest BCUT2D eigenvalue weighted by atomic mass is 9.86. The molecule has 43 heavy (non-hydrogen) atoms. The zero-order chi connectivity index (χ0) is 31.0. The summed E-state index contributed by atoms with van der Waals surface area (Å²) >= 11 is 0. The van der Waals surface area contributed by atoms with Gasteiger partial charge in [0, 0.05) is 18.5 Å². The molecule has 1 aliphatic carbocycles. The molecule has 0 saturated carbocycles. The molecular weight excluding hydrogens is 575 g/mol. The lowest BCUT2D eigenvalue weighted by molar-refractivity contribution is -0.137. The van der Waals surface area contributed by atoms with Crippen LogP contribution in [0, 0.1) is 0 Å². The number of hydrogen-bond donors (Lipinski definition) is 2. The van der Waals surface area contributed by atoms with Gasteiger partial charge in [-0.15, -0.1) is 0 Å². The number of nitrogens with zero attached hydrogens (tertiary/aromatic N) is 1. The number of fused-ring (bicyclic) bond motifs is 2. The monoisotopic (exact) mass is 613 g/mol. The van der Waals surface area contributed by atoms with Crippen LogP contribution in [0.3, 0.4) is 0 Å². The second-order valence-corrected chi connectivity index (χ2v) is 14.3. The van der Waals surface area contributed by atoms with Gasteiger partial charge in [-0.1, -0.05) is 42.5 Å². The minimum Gasteiger partial charge on any atom is -0.349 e. The summed E-state index contributed by atoms with van der Waals surface area (Å²) in [5, 5.41) is 6.64. The molecule has 6 nitrogen and oxygen atoms in total. The number of halogens is 3. The maximum absolute atomic E-state index is 13.9. The number of amides is 1. The molecule has 0 unspecified atom stereocenters. The van der Waals surface area contributed by atoms with Crippen LogP contribution in [-0.2, 0) is 40.4 Å². The fraction of sp³-hybridized carbons (Fsp3) is 0.424. The van der Waals surface area contributed by atoms with Crippen LogP contribution in [0.5, 0.6) is 0 Å². The molecule has 1 heterocycles. The maximum Gasteiger partial charge on any atom is 0.416 e. The normalized spacial score (nSPS) is 19.0. The summed E-state index contributed by atoms with van der Waals surface area (Å²) in [5.74, 6) is -0.287. The largest absolute Gasteiger partial charge is 0.416 e. The number of sulfonamides is 1. The molecule has 230 valence electrons. The summed E-state index contributed by atoms with van der Waals surface area (Å²) in [4.78, 5) is 13.0. The molecule has 3 aromatic rings. The second kappa shape index (κ2) is 12.0. The lowest BCUT2D eigenvalue weighted by Gasteiger charge is -2.38. The van der Waals surface area contributed by atoms with Gasteiger partial charge < -0.3 is 10.6 Å². The molecule has 0 aromatic heterocycles. The molecule has 0 saturated heterocycles. The Morgan fingerprint density at radius 2 is 1.70 bits per heavy atom. The number of carbonyl (C=O) groups is 1. The van der Waals surface area contributed by atoms with Crippen LogP contribution in [0.25, 0.3) is 0 Å². The molecule has 1 aliphatic heterocycles. The van der Waals surface area contributed by atoms with Crippen molar-refractivity contribution in [1.29, 1.82) is 0 Å². The van der Waals surface area contributed by atoms with Crippen molar-refractivity contribution in [3.8, 4) is 0 Å². The quantitative estimate of drug-likeness (QED) is 0.311. The number of nitrogens with one attached hydrogen (secondary N) is 2. The number of alkyl halides is 3. The van der Waals surface area contributed by atoms with Gasteiger partial charge in [0.2, 0.25) is 5.91 Å².